The standard InChI is InChI=1S/C34H42F3N5O3S2/c1-3-46-32-29(33(47-4-2)40-23-39-32)21-45-22-30(43)38-17-7-8-18-42-19-15-26(16-20-42)41-31(44)28-10-6-5-9-27(28)24-11-13-25(14-12-24)34(35,36)37/h5-6,9-14,23,26H,3-4,7-8,15-22H2,1-2H3,(H,38,43)(H,41,44). The molecule has 254 valence electrons. The van der Waals surface area contributed by atoms with Gasteiger partial charge < -0.3 is 20.3 Å². The lowest BCUT2D eigenvalue weighted by Crippen LogP contribution is -2.45. The topological polar surface area (TPSA) is 96.4 Å². The molecular weight excluding hydrogens is 648 g/mol. The second kappa shape index (κ2) is 18.4. The number of carbonyl (C=O) groups is 2. The summed E-state index contributed by atoms with van der Waals surface area (Å²) in [7, 11) is 0. The van der Waals surface area contributed by atoms with Gasteiger partial charge in [0.05, 0.1) is 12.2 Å². The Morgan fingerprint density at radius 3 is 2.26 bits per heavy atom. The molecule has 2 aromatic carbocycles. The Kier molecular flexibility index (Phi) is 14.4. The number of unbranched alkanes of at least 4 members (excludes halogenated alkanes) is 1. The summed E-state index contributed by atoms with van der Waals surface area (Å²) in [5.74, 6) is 1.41. The number of likely N-dealkylation sites (tertiary alicyclic amines) is 1. The zero-order valence-electron chi connectivity index (χ0n) is 26.8. The van der Waals surface area contributed by atoms with Gasteiger partial charge in [-0.3, -0.25) is 9.59 Å². The van der Waals surface area contributed by atoms with Gasteiger partial charge in [-0.1, -0.05) is 44.2 Å². The molecule has 2 heterocycles. The van der Waals surface area contributed by atoms with Crippen LogP contribution in [0.25, 0.3) is 11.1 Å². The summed E-state index contributed by atoms with van der Waals surface area (Å²) in [6.45, 7) is 7.61. The molecule has 0 spiro atoms. The molecule has 2 N–H and O–H groups in total. The van der Waals surface area contributed by atoms with E-state index in [0.29, 0.717) is 29.8 Å². The molecule has 4 rings (SSSR count). The van der Waals surface area contributed by atoms with E-state index in [1.54, 1.807) is 54.1 Å². The van der Waals surface area contributed by atoms with E-state index in [4.69, 9.17) is 4.74 Å². The molecular formula is C34H42F3N5O3S2. The average Bonchev–Trinajstić information content (AvgIpc) is 3.06. The number of benzene rings is 2. The molecule has 13 heteroatoms. The van der Waals surface area contributed by atoms with Gasteiger partial charge in [0.2, 0.25) is 5.91 Å². The highest BCUT2D eigenvalue weighted by Gasteiger charge is 2.30. The van der Waals surface area contributed by atoms with Gasteiger partial charge >= 0.3 is 6.18 Å². The number of piperidine rings is 1. The Bertz CT molecular complexity index is 1430. The Morgan fingerprint density at radius 1 is 0.957 bits per heavy atom. The highest BCUT2D eigenvalue weighted by Crippen LogP contribution is 2.32. The summed E-state index contributed by atoms with van der Waals surface area (Å²) in [5, 5.41) is 7.85. The molecule has 0 atom stereocenters. The second-order valence-electron chi connectivity index (χ2n) is 11.1. The van der Waals surface area contributed by atoms with Crippen molar-refractivity contribution in [2.75, 3.05) is 44.3 Å². The van der Waals surface area contributed by atoms with Crippen LogP contribution in [0.3, 0.4) is 0 Å². The van der Waals surface area contributed by atoms with Crippen LogP contribution in [-0.2, 0) is 22.3 Å². The number of rotatable bonds is 16. The fourth-order valence-corrected chi connectivity index (χ4v) is 6.86. The molecule has 0 aliphatic carbocycles. The van der Waals surface area contributed by atoms with Crippen molar-refractivity contribution in [2.24, 2.45) is 0 Å². The van der Waals surface area contributed by atoms with Gasteiger partial charge in [-0.2, -0.15) is 13.2 Å². The first-order chi connectivity index (χ1) is 22.7. The Morgan fingerprint density at radius 2 is 1.62 bits per heavy atom. The first-order valence-corrected chi connectivity index (χ1v) is 17.9. The molecule has 0 saturated carbocycles. The summed E-state index contributed by atoms with van der Waals surface area (Å²) in [5.41, 5.74) is 1.81. The Labute approximate surface area is 283 Å². The number of nitrogens with zero attached hydrogens (tertiary/aromatic N) is 3. The molecule has 8 nitrogen and oxygen atoms in total. The molecule has 1 fully saturated rings. The minimum absolute atomic E-state index is 0.0184. The maximum Gasteiger partial charge on any atom is 0.416 e. The smallest absolute Gasteiger partial charge is 0.367 e. The summed E-state index contributed by atoms with van der Waals surface area (Å²) < 4.78 is 44.7. The lowest BCUT2D eigenvalue weighted by Gasteiger charge is -2.32. The predicted molar refractivity (Wildman–Crippen MR) is 181 cm³/mol. The number of alkyl halides is 3. The van der Waals surface area contributed by atoms with Crippen LogP contribution in [0.15, 0.2) is 64.9 Å². The fraction of sp³-hybridized carbons (Fsp3) is 0.471. The second-order valence-corrected chi connectivity index (χ2v) is 13.6. The van der Waals surface area contributed by atoms with Crippen LogP contribution in [0, 0.1) is 0 Å². The number of halogens is 3. The maximum atomic E-state index is 13.2. The molecule has 3 aromatic rings. The molecule has 1 saturated heterocycles. The summed E-state index contributed by atoms with van der Waals surface area (Å²) in [6.07, 6.45) is 0.576. The average molecular weight is 690 g/mol. The van der Waals surface area contributed by atoms with E-state index in [2.05, 4.69) is 39.3 Å². The maximum absolute atomic E-state index is 13.2. The van der Waals surface area contributed by atoms with Crippen molar-refractivity contribution in [1.29, 1.82) is 0 Å². The van der Waals surface area contributed by atoms with E-state index in [1.165, 1.54) is 12.1 Å². The van der Waals surface area contributed by atoms with Gasteiger partial charge in [0.25, 0.3) is 5.91 Å². The van der Waals surface area contributed by atoms with Gasteiger partial charge in [0, 0.05) is 36.8 Å². The summed E-state index contributed by atoms with van der Waals surface area (Å²) >= 11 is 3.28. The van der Waals surface area contributed by atoms with Crippen molar-refractivity contribution in [3.05, 3.63) is 71.5 Å². The van der Waals surface area contributed by atoms with Crippen LogP contribution < -0.4 is 10.6 Å². The van der Waals surface area contributed by atoms with Crippen molar-refractivity contribution in [1.82, 2.24) is 25.5 Å². The van der Waals surface area contributed by atoms with E-state index in [0.717, 1.165) is 84.6 Å². The minimum atomic E-state index is -4.41. The lowest BCUT2D eigenvalue weighted by atomic mass is 9.97. The van der Waals surface area contributed by atoms with Crippen LogP contribution in [-0.4, -0.2) is 77.0 Å². The number of amides is 2. The summed E-state index contributed by atoms with van der Waals surface area (Å²) in [6, 6.07) is 11.9. The molecule has 0 radical (unpaired) electrons. The normalized spacial score (nSPS) is 14.2. The zero-order chi connectivity index (χ0) is 33.6. The molecule has 2 amide bonds. The van der Waals surface area contributed by atoms with Gasteiger partial charge in [0.1, 0.15) is 23.0 Å². The van der Waals surface area contributed by atoms with Crippen molar-refractivity contribution in [2.45, 2.75) is 68.4 Å². The Hall–Kier alpha value is -3.13. The molecule has 1 aromatic heterocycles. The quantitative estimate of drug-likeness (QED) is 0.0976. The van der Waals surface area contributed by atoms with Crippen LogP contribution in [0.5, 0.6) is 0 Å². The molecule has 0 bridgehead atoms. The lowest BCUT2D eigenvalue weighted by molar-refractivity contribution is -0.137. The predicted octanol–water partition coefficient (Wildman–Crippen LogP) is 6.69. The van der Waals surface area contributed by atoms with Crippen molar-refractivity contribution < 1.29 is 27.5 Å². The largest absolute Gasteiger partial charge is 0.416 e. The molecule has 1 aliphatic rings. The van der Waals surface area contributed by atoms with E-state index >= 15 is 0 Å². The fourth-order valence-electron chi connectivity index (χ4n) is 5.35. The van der Waals surface area contributed by atoms with Gasteiger partial charge in [0.15, 0.2) is 0 Å². The van der Waals surface area contributed by atoms with Crippen LogP contribution in [0.2, 0.25) is 0 Å². The van der Waals surface area contributed by atoms with E-state index < -0.39 is 11.7 Å². The highest BCUT2D eigenvalue weighted by atomic mass is 32.2. The van der Waals surface area contributed by atoms with Crippen LogP contribution >= 0.6 is 23.5 Å². The third kappa shape index (κ3) is 11.2. The number of nitrogens with one attached hydrogen (secondary N) is 2. The number of carbonyl (C=O) groups excluding carboxylic acids is 2. The number of aromatic nitrogens is 2. The van der Waals surface area contributed by atoms with Gasteiger partial charge in [-0.15, -0.1) is 23.5 Å². The third-order valence-electron chi connectivity index (χ3n) is 7.75. The highest BCUT2D eigenvalue weighted by molar-refractivity contribution is 8.00. The van der Waals surface area contributed by atoms with E-state index in [-0.39, 0.29) is 24.5 Å². The third-order valence-corrected chi connectivity index (χ3v) is 9.58. The zero-order valence-corrected chi connectivity index (χ0v) is 28.4. The van der Waals surface area contributed by atoms with Gasteiger partial charge in [-0.05, 0) is 73.1 Å². The van der Waals surface area contributed by atoms with E-state index in [9.17, 15) is 22.8 Å². The van der Waals surface area contributed by atoms with Crippen molar-refractivity contribution >= 4 is 35.3 Å². The first-order valence-electron chi connectivity index (χ1n) is 15.9. The van der Waals surface area contributed by atoms with Crippen molar-refractivity contribution in [3.63, 3.8) is 0 Å². The minimum Gasteiger partial charge on any atom is -0.367 e. The molecule has 1 aliphatic heterocycles. The van der Waals surface area contributed by atoms with Gasteiger partial charge in [-0.25, -0.2) is 9.97 Å². The van der Waals surface area contributed by atoms with Crippen LogP contribution in [0.1, 0.15) is 61.0 Å². The summed E-state index contributed by atoms with van der Waals surface area (Å²) in [4.78, 5) is 36.6. The van der Waals surface area contributed by atoms with E-state index in [1.807, 2.05) is 0 Å². The number of ether oxygens (including phenoxy) is 1. The number of hydrogen-bond acceptors (Lipinski definition) is 8. The number of thioether (sulfide) groups is 2. The van der Waals surface area contributed by atoms with Crippen LogP contribution in [0.4, 0.5) is 13.2 Å². The van der Waals surface area contributed by atoms with Crippen molar-refractivity contribution in [3.8, 4) is 11.1 Å². The molecule has 0 unspecified atom stereocenters. The SMILES string of the molecule is CCSc1ncnc(SCC)c1COCC(=O)NCCCCN1CCC(NC(=O)c2ccccc2-c2ccc(C(F)(F)F)cc2)CC1. The molecule has 47 heavy (non-hydrogen) atoms. The monoisotopic (exact) mass is 689 g/mol. The number of hydrogen-bond donors (Lipinski definition) is 2. The Balaban J connectivity index is 1.13. The first kappa shape index (κ1) is 36.7.